The van der Waals surface area contributed by atoms with Crippen molar-refractivity contribution in [3.05, 3.63) is 18.2 Å². The fraction of sp³-hybridized carbons (Fsp3) is 0.625. The van der Waals surface area contributed by atoms with Crippen molar-refractivity contribution in [2.75, 3.05) is 13.2 Å². The molecule has 0 amide bonds. The minimum Gasteiger partial charge on any atom is -0.380 e. The van der Waals surface area contributed by atoms with Crippen molar-refractivity contribution in [3.8, 4) is 0 Å². The molecular formula is C8H15N3O. The van der Waals surface area contributed by atoms with E-state index < -0.39 is 0 Å². The van der Waals surface area contributed by atoms with Gasteiger partial charge in [-0.3, -0.25) is 0 Å². The largest absolute Gasteiger partial charge is 0.380 e. The van der Waals surface area contributed by atoms with Gasteiger partial charge < -0.3 is 15.0 Å². The average molecular weight is 169 g/mol. The molecule has 0 unspecified atom stereocenters. The third-order valence-corrected chi connectivity index (χ3v) is 1.69. The SMILES string of the molecule is CCOCCn1cncc1CN. The second kappa shape index (κ2) is 4.90. The summed E-state index contributed by atoms with van der Waals surface area (Å²) in [7, 11) is 0. The second-order valence-electron chi connectivity index (χ2n) is 2.48. The molecule has 12 heavy (non-hydrogen) atoms. The lowest BCUT2D eigenvalue weighted by Gasteiger charge is -2.05. The van der Waals surface area contributed by atoms with Gasteiger partial charge in [-0.15, -0.1) is 0 Å². The maximum atomic E-state index is 5.50. The molecule has 0 spiro atoms. The highest BCUT2D eigenvalue weighted by Crippen LogP contribution is 1.97. The van der Waals surface area contributed by atoms with Crippen molar-refractivity contribution in [2.45, 2.75) is 20.0 Å². The van der Waals surface area contributed by atoms with E-state index in [2.05, 4.69) is 4.98 Å². The average Bonchev–Trinajstić information content (AvgIpc) is 2.52. The molecule has 0 radical (unpaired) electrons. The van der Waals surface area contributed by atoms with Gasteiger partial charge in [0.2, 0.25) is 0 Å². The van der Waals surface area contributed by atoms with Crippen molar-refractivity contribution in [2.24, 2.45) is 5.73 Å². The Morgan fingerprint density at radius 1 is 1.67 bits per heavy atom. The molecule has 4 heteroatoms. The number of imidazole rings is 1. The Kier molecular flexibility index (Phi) is 3.76. The van der Waals surface area contributed by atoms with Crippen LogP contribution in [0.15, 0.2) is 12.5 Å². The normalized spacial score (nSPS) is 10.5. The van der Waals surface area contributed by atoms with Gasteiger partial charge in [-0.2, -0.15) is 0 Å². The summed E-state index contributed by atoms with van der Waals surface area (Å²) in [5, 5.41) is 0. The molecule has 1 aromatic rings. The van der Waals surface area contributed by atoms with Crippen LogP contribution in [-0.2, 0) is 17.8 Å². The molecule has 0 aromatic carbocycles. The van der Waals surface area contributed by atoms with Crippen LogP contribution in [0.3, 0.4) is 0 Å². The maximum Gasteiger partial charge on any atom is 0.0949 e. The van der Waals surface area contributed by atoms with Crippen molar-refractivity contribution in [1.29, 1.82) is 0 Å². The number of ether oxygens (including phenoxy) is 1. The molecule has 1 heterocycles. The summed E-state index contributed by atoms with van der Waals surface area (Å²) in [6.45, 7) is 4.83. The maximum absolute atomic E-state index is 5.50. The van der Waals surface area contributed by atoms with Crippen LogP contribution in [0.4, 0.5) is 0 Å². The molecule has 0 saturated carbocycles. The summed E-state index contributed by atoms with van der Waals surface area (Å²) >= 11 is 0. The highest BCUT2D eigenvalue weighted by atomic mass is 16.5. The second-order valence-corrected chi connectivity index (χ2v) is 2.48. The summed E-state index contributed by atoms with van der Waals surface area (Å²) in [6, 6.07) is 0. The van der Waals surface area contributed by atoms with Crippen molar-refractivity contribution in [1.82, 2.24) is 9.55 Å². The number of hydrogen-bond donors (Lipinski definition) is 1. The Hall–Kier alpha value is -0.870. The Balaban J connectivity index is 2.39. The van der Waals surface area contributed by atoms with Gasteiger partial charge in [0.05, 0.1) is 18.6 Å². The lowest BCUT2D eigenvalue weighted by Crippen LogP contribution is -2.10. The number of hydrogen-bond acceptors (Lipinski definition) is 3. The number of nitrogens with two attached hydrogens (primary N) is 1. The quantitative estimate of drug-likeness (QED) is 0.648. The van der Waals surface area contributed by atoms with Crippen molar-refractivity contribution in [3.63, 3.8) is 0 Å². The van der Waals surface area contributed by atoms with Crippen LogP contribution in [0.1, 0.15) is 12.6 Å². The highest BCUT2D eigenvalue weighted by Gasteiger charge is 1.97. The van der Waals surface area contributed by atoms with E-state index in [1.165, 1.54) is 0 Å². The first-order valence-corrected chi connectivity index (χ1v) is 4.15. The predicted octanol–water partition coefficient (Wildman–Crippen LogP) is 0.378. The van der Waals surface area contributed by atoms with E-state index in [1.54, 1.807) is 12.5 Å². The zero-order valence-corrected chi connectivity index (χ0v) is 7.36. The Labute approximate surface area is 72.3 Å². The predicted molar refractivity (Wildman–Crippen MR) is 46.6 cm³/mol. The lowest BCUT2D eigenvalue weighted by molar-refractivity contribution is 0.138. The summed E-state index contributed by atoms with van der Waals surface area (Å²) in [6.07, 6.45) is 3.56. The van der Waals surface area contributed by atoms with E-state index >= 15 is 0 Å². The summed E-state index contributed by atoms with van der Waals surface area (Å²) in [4.78, 5) is 4.00. The van der Waals surface area contributed by atoms with Crippen LogP contribution in [0.5, 0.6) is 0 Å². The topological polar surface area (TPSA) is 53.1 Å². The van der Waals surface area contributed by atoms with E-state index in [1.807, 2.05) is 11.5 Å². The van der Waals surface area contributed by atoms with Gasteiger partial charge in [-0.25, -0.2) is 4.98 Å². The molecule has 1 aromatic heterocycles. The van der Waals surface area contributed by atoms with E-state index in [0.717, 1.165) is 25.5 Å². The molecule has 68 valence electrons. The van der Waals surface area contributed by atoms with E-state index in [-0.39, 0.29) is 0 Å². The van der Waals surface area contributed by atoms with E-state index in [0.29, 0.717) is 6.54 Å². The minimum absolute atomic E-state index is 0.534. The lowest BCUT2D eigenvalue weighted by atomic mass is 10.4. The van der Waals surface area contributed by atoms with E-state index in [9.17, 15) is 0 Å². The third kappa shape index (κ3) is 2.32. The molecule has 2 N–H and O–H groups in total. The van der Waals surface area contributed by atoms with Crippen molar-refractivity contribution >= 4 is 0 Å². The van der Waals surface area contributed by atoms with E-state index in [4.69, 9.17) is 10.5 Å². The van der Waals surface area contributed by atoms with Gasteiger partial charge in [0.1, 0.15) is 0 Å². The van der Waals surface area contributed by atoms with Crippen LogP contribution >= 0.6 is 0 Å². The number of aromatic nitrogens is 2. The van der Waals surface area contributed by atoms with Crippen LogP contribution in [0.25, 0.3) is 0 Å². The van der Waals surface area contributed by atoms with Gasteiger partial charge in [-0.1, -0.05) is 0 Å². The van der Waals surface area contributed by atoms with Crippen LogP contribution in [-0.4, -0.2) is 22.8 Å². The van der Waals surface area contributed by atoms with Crippen molar-refractivity contribution < 1.29 is 4.74 Å². The zero-order valence-electron chi connectivity index (χ0n) is 7.36. The first-order chi connectivity index (χ1) is 5.88. The fourth-order valence-electron chi connectivity index (χ4n) is 1.03. The first kappa shape index (κ1) is 9.22. The van der Waals surface area contributed by atoms with Gasteiger partial charge >= 0.3 is 0 Å². The summed E-state index contributed by atoms with van der Waals surface area (Å²) in [5.41, 5.74) is 6.55. The molecule has 0 saturated heterocycles. The molecule has 4 nitrogen and oxygen atoms in total. The third-order valence-electron chi connectivity index (χ3n) is 1.69. The van der Waals surface area contributed by atoms with Gasteiger partial charge in [-0.05, 0) is 6.92 Å². The number of rotatable bonds is 5. The summed E-state index contributed by atoms with van der Waals surface area (Å²) < 4.78 is 7.23. The van der Waals surface area contributed by atoms with Crippen LogP contribution < -0.4 is 5.73 Å². The first-order valence-electron chi connectivity index (χ1n) is 4.15. The van der Waals surface area contributed by atoms with Gasteiger partial charge in [0, 0.05) is 25.9 Å². The molecular weight excluding hydrogens is 154 g/mol. The molecule has 0 aliphatic heterocycles. The monoisotopic (exact) mass is 169 g/mol. The highest BCUT2D eigenvalue weighted by molar-refractivity contribution is 4.96. The van der Waals surface area contributed by atoms with Crippen LogP contribution in [0.2, 0.25) is 0 Å². The van der Waals surface area contributed by atoms with Gasteiger partial charge in [0.15, 0.2) is 0 Å². The Morgan fingerprint density at radius 2 is 2.50 bits per heavy atom. The Morgan fingerprint density at radius 3 is 3.17 bits per heavy atom. The molecule has 0 aliphatic carbocycles. The fourth-order valence-corrected chi connectivity index (χ4v) is 1.03. The smallest absolute Gasteiger partial charge is 0.0949 e. The Bertz CT molecular complexity index is 222. The summed E-state index contributed by atoms with van der Waals surface area (Å²) in [5.74, 6) is 0. The molecule has 0 atom stereocenters. The molecule has 0 fully saturated rings. The standard InChI is InChI=1S/C8H15N3O/c1-2-12-4-3-11-7-10-6-8(11)5-9/h6-7H,2-5,9H2,1H3. The van der Waals surface area contributed by atoms with Crippen LogP contribution in [0, 0.1) is 0 Å². The zero-order chi connectivity index (χ0) is 8.81. The number of nitrogens with zero attached hydrogens (tertiary/aromatic N) is 2. The van der Waals surface area contributed by atoms with Gasteiger partial charge in [0.25, 0.3) is 0 Å². The molecule has 0 aliphatic rings. The minimum atomic E-state index is 0.534. The molecule has 1 rings (SSSR count). The molecule has 0 bridgehead atoms.